The van der Waals surface area contributed by atoms with Crippen LogP contribution in [0, 0.1) is 13.8 Å². The van der Waals surface area contributed by atoms with E-state index in [0.717, 1.165) is 47.9 Å². The molecule has 236 valence electrons. The van der Waals surface area contributed by atoms with Gasteiger partial charge in [0.05, 0.1) is 11.9 Å². The molecular formula is C35H44ClN3O4S. The lowest BCUT2D eigenvalue weighted by molar-refractivity contribution is -0.141. The molecule has 1 aliphatic rings. The fourth-order valence-electron chi connectivity index (χ4n) is 5.98. The van der Waals surface area contributed by atoms with Crippen molar-refractivity contribution in [1.82, 2.24) is 10.2 Å². The lowest BCUT2D eigenvalue weighted by atomic mass is 9.94. The molecule has 0 aromatic heterocycles. The predicted molar refractivity (Wildman–Crippen MR) is 178 cm³/mol. The van der Waals surface area contributed by atoms with Crippen LogP contribution in [0.2, 0.25) is 5.02 Å². The minimum Gasteiger partial charge on any atom is -0.352 e. The summed E-state index contributed by atoms with van der Waals surface area (Å²) in [5, 5.41) is 3.85. The number of benzene rings is 3. The van der Waals surface area contributed by atoms with Crippen molar-refractivity contribution >= 4 is 39.1 Å². The number of nitrogens with one attached hydrogen (secondary N) is 1. The second-order valence-corrected chi connectivity index (χ2v) is 14.3. The number of amides is 2. The molecule has 1 fully saturated rings. The second kappa shape index (κ2) is 15.6. The molecule has 3 aromatic carbocycles. The Morgan fingerprint density at radius 2 is 1.55 bits per heavy atom. The highest BCUT2D eigenvalue weighted by atomic mass is 35.5. The van der Waals surface area contributed by atoms with E-state index in [1.807, 2.05) is 74.5 Å². The van der Waals surface area contributed by atoms with Crippen LogP contribution < -0.4 is 9.62 Å². The fraction of sp³-hybridized carbons (Fsp3) is 0.429. The molecule has 1 saturated carbocycles. The van der Waals surface area contributed by atoms with E-state index >= 15 is 0 Å². The van der Waals surface area contributed by atoms with Crippen LogP contribution >= 0.6 is 11.6 Å². The summed E-state index contributed by atoms with van der Waals surface area (Å²) in [6, 6.07) is 22.1. The Bertz CT molecular complexity index is 1490. The lowest BCUT2D eigenvalue weighted by Gasteiger charge is -2.34. The Hall–Kier alpha value is -3.36. The van der Waals surface area contributed by atoms with Crippen LogP contribution in [-0.2, 0) is 32.6 Å². The predicted octanol–water partition coefficient (Wildman–Crippen LogP) is 6.59. The zero-order valence-electron chi connectivity index (χ0n) is 26.0. The van der Waals surface area contributed by atoms with Gasteiger partial charge in [0.15, 0.2) is 0 Å². The average molecular weight is 638 g/mol. The van der Waals surface area contributed by atoms with E-state index in [1.54, 1.807) is 17.0 Å². The van der Waals surface area contributed by atoms with Gasteiger partial charge < -0.3 is 10.2 Å². The van der Waals surface area contributed by atoms with Gasteiger partial charge in [-0.25, -0.2) is 8.42 Å². The van der Waals surface area contributed by atoms with Crippen molar-refractivity contribution in [3.8, 4) is 0 Å². The van der Waals surface area contributed by atoms with Crippen molar-refractivity contribution in [2.24, 2.45) is 0 Å². The van der Waals surface area contributed by atoms with Crippen LogP contribution in [0.3, 0.4) is 0 Å². The summed E-state index contributed by atoms with van der Waals surface area (Å²) in [6.45, 7) is 4.25. The number of halogens is 1. The van der Waals surface area contributed by atoms with Gasteiger partial charge in [-0.1, -0.05) is 79.4 Å². The third-order valence-electron chi connectivity index (χ3n) is 8.14. The number of aryl methyl sites for hydroxylation is 2. The van der Waals surface area contributed by atoms with Gasteiger partial charge in [0.1, 0.15) is 6.04 Å². The van der Waals surface area contributed by atoms with Gasteiger partial charge in [0.2, 0.25) is 21.8 Å². The number of nitrogens with zero attached hydrogens (tertiary/aromatic N) is 2. The Labute approximate surface area is 267 Å². The first-order valence-electron chi connectivity index (χ1n) is 15.4. The highest BCUT2D eigenvalue weighted by Gasteiger charge is 2.32. The number of carbonyl (C=O) groups is 2. The van der Waals surface area contributed by atoms with E-state index < -0.39 is 16.1 Å². The zero-order chi connectivity index (χ0) is 31.7. The van der Waals surface area contributed by atoms with Gasteiger partial charge in [-0.3, -0.25) is 13.9 Å². The number of hydrogen-bond donors (Lipinski definition) is 1. The molecule has 44 heavy (non-hydrogen) atoms. The van der Waals surface area contributed by atoms with E-state index in [9.17, 15) is 18.0 Å². The van der Waals surface area contributed by atoms with E-state index in [2.05, 4.69) is 5.32 Å². The number of sulfonamides is 1. The smallest absolute Gasteiger partial charge is 0.243 e. The summed E-state index contributed by atoms with van der Waals surface area (Å²) in [6.07, 6.45) is 7.17. The van der Waals surface area contributed by atoms with Crippen molar-refractivity contribution in [1.29, 1.82) is 0 Å². The van der Waals surface area contributed by atoms with Crippen molar-refractivity contribution in [2.75, 3.05) is 17.1 Å². The SMILES string of the molecule is Cc1cc(C)cc(N(CCCC(=O)N(Cc2ccc(Cl)cc2)[C@H](Cc2ccccc2)C(=O)NC2CCCCC2)S(C)(=O)=O)c1. The van der Waals surface area contributed by atoms with Gasteiger partial charge >= 0.3 is 0 Å². The van der Waals surface area contributed by atoms with Crippen LogP contribution in [0.15, 0.2) is 72.8 Å². The fourth-order valence-corrected chi connectivity index (χ4v) is 7.06. The molecule has 0 saturated heterocycles. The third kappa shape index (κ3) is 9.83. The monoisotopic (exact) mass is 637 g/mol. The first-order valence-corrected chi connectivity index (χ1v) is 17.7. The molecule has 9 heteroatoms. The molecule has 0 bridgehead atoms. The van der Waals surface area contributed by atoms with Crippen LogP contribution in [-0.4, -0.2) is 50.0 Å². The molecule has 4 rings (SSSR count). The van der Waals surface area contributed by atoms with Crippen molar-refractivity contribution in [2.45, 2.75) is 83.8 Å². The summed E-state index contributed by atoms with van der Waals surface area (Å²) in [7, 11) is -3.58. The van der Waals surface area contributed by atoms with E-state index in [0.29, 0.717) is 23.6 Å². The number of rotatable bonds is 13. The van der Waals surface area contributed by atoms with Gasteiger partial charge in [-0.2, -0.15) is 0 Å². The molecule has 3 aromatic rings. The topological polar surface area (TPSA) is 86.8 Å². The van der Waals surface area contributed by atoms with Gasteiger partial charge in [-0.05, 0) is 79.6 Å². The quantitative estimate of drug-likeness (QED) is 0.229. The van der Waals surface area contributed by atoms with Crippen LogP contribution in [0.5, 0.6) is 0 Å². The average Bonchev–Trinajstić information content (AvgIpc) is 2.98. The Morgan fingerprint density at radius 1 is 0.909 bits per heavy atom. The maximum Gasteiger partial charge on any atom is 0.243 e. The molecule has 1 N–H and O–H groups in total. The molecule has 1 atom stereocenters. The van der Waals surface area contributed by atoms with Crippen molar-refractivity contribution in [3.63, 3.8) is 0 Å². The molecule has 0 aliphatic heterocycles. The number of carbonyl (C=O) groups excluding carboxylic acids is 2. The first-order chi connectivity index (χ1) is 21.0. The molecular weight excluding hydrogens is 594 g/mol. The molecule has 2 amide bonds. The van der Waals surface area contributed by atoms with E-state index in [4.69, 9.17) is 11.6 Å². The molecule has 0 unspecified atom stereocenters. The van der Waals surface area contributed by atoms with Crippen LogP contribution in [0.25, 0.3) is 0 Å². The molecule has 7 nitrogen and oxygen atoms in total. The first kappa shape index (κ1) is 33.5. The summed E-state index contributed by atoms with van der Waals surface area (Å²) in [4.78, 5) is 29.7. The second-order valence-electron chi connectivity index (χ2n) is 12.0. The third-order valence-corrected chi connectivity index (χ3v) is 9.58. The Morgan fingerprint density at radius 3 is 2.16 bits per heavy atom. The molecule has 0 heterocycles. The highest BCUT2D eigenvalue weighted by molar-refractivity contribution is 7.92. The summed E-state index contributed by atoms with van der Waals surface area (Å²) >= 11 is 6.15. The van der Waals surface area contributed by atoms with Crippen molar-refractivity contribution < 1.29 is 18.0 Å². The number of anilines is 1. The largest absolute Gasteiger partial charge is 0.352 e. The minimum atomic E-state index is -3.58. The highest BCUT2D eigenvalue weighted by Crippen LogP contribution is 2.24. The maximum atomic E-state index is 14.1. The summed E-state index contributed by atoms with van der Waals surface area (Å²) in [5.74, 6) is -0.357. The van der Waals surface area contributed by atoms with Crippen LogP contribution in [0.4, 0.5) is 5.69 Å². The standard InChI is InChI=1S/C35H44ClN3O4S/c1-26-21-27(2)23-32(22-26)39(44(3,42)43)20-10-15-34(40)38(25-29-16-18-30(36)19-17-29)33(24-28-11-6-4-7-12-28)35(41)37-31-13-8-5-9-14-31/h4,6-7,11-12,16-19,21-23,31,33H,5,8-10,13-15,20,24-25H2,1-3H3,(H,37,41)/t33-/m1/s1. The summed E-state index contributed by atoms with van der Waals surface area (Å²) < 4.78 is 26.9. The Balaban J connectivity index is 1.59. The van der Waals surface area contributed by atoms with E-state index in [-0.39, 0.29) is 37.4 Å². The van der Waals surface area contributed by atoms with Crippen LogP contribution in [0.1, 0.15) is 67.2 Å². The minimum absolute atomic E-state index is 0.0897. The van der Waals surface area contributed by atoms with Gasteiger partial charge in [-0.15, -0.1) is 0 Å². The normalized spacial score (nSPS) is 14.5. The summed E-state index contributed by atoms with van der Waals surface area (Å²) in [5.41, 5.74) is 4.34. The van der Waals surface area contributed by atoms with Crippen molar-refractivity contribution in [3.05, 3.63) is 100 Å². The molecule has 0 radical (unpaired) electrons. The van der Waals surface area contributed by atoms with Gasteiger partial charge in [0, 0.05) is 37.0 Å². The Kier molecular flexibility index (Phi) is 11.9. The number of hydrogen-bond acceptors (Lipinski definition) is 4. The van der Waals surface area contributed by atoms with Gasteiger partial charge in [0.25, 0.3) is 0 Å². The lowest BCUT2D eigenvalue weighted by Crippen LogP contribution is -2.52. The molecule has 1 aliphatic carbocycles. The maximum absolute atomic E-state index is 14.1. The zero-order valence-corrected chi connectivity index (χ0v) is 27.5. The molecule has 0 spiro atoms. The van der Waals surface area contributed by atoms with E-state index in [1.165, 1.54) is 17.0 Å².